The summed E-state index contributed by atoms with van der Waals surface area (Å²) in [4.78, 5) is 59.3. The van der Waals surface area contributed by atoms with Gasteiger partial charge in [0.1, 0.15) is 11.1 Å². The van der Waals surface area contributed by atoms with Crippen molar-refractivity contribution in [3.8, 4) is 0 Å². The average Bonchev–Trinajstić information content (AvgIpc) is 2.68. The lowest BCUT2D eigenvalue weighted by atomic mass is 9.82. The molecule has 9 nitrogen and oxygen atoms in total. The molecule has 9 heteroatoms. The Hall–Kier alpha value is -3.88. The van der Waals surface area contributed by atoms with Gasteiger partial charge in [-0.25, -0.2) is 9.59 Å². The molecular weight excluding hydrogens is 358 g/mol. The number of rotatable bonds is 4. The maximum absolute atomic E-state index is 12.8. The van der Waals surface area contributed by atoms with Gasteiger partial charge in [-0.1, -0.05) is 24.3 Å². The zero-order valence-electron chi connectivity index (χ0n) is 13.9. The van der Waals surface area contributed by atoms with Crippen molar-refractivity contribution < 1.29 is 33.6 Å². The minimum Gasteiger partial charge on any atom is -0.466 e. The van der Waals surface area contributed by atoms with Crippen LogP contribution in [-0.2, 0) is 14.3 Å². The van der Waals surface area contributed by atoms with Crippen LogP contribution in [0.25, 0.3) is 0 Å². The highest BCUT2D eigenvalue weighted by atomic mass is 16.6. The molecule has 2 aromatic carbocycles. The van der Waals surface area contributed by atoms with Crippen LogP contribution in [0, 0.1) is 10.1 Å². The third kappa shape index (κ3) is 2.95. The lowest BCUT2D eigenvalue weighted by Gasteiger charge is -2.18. The monoisotopic (exact) mass is 369 g/mol. The topological polar surface area (TPSA) is 130 Å². The van der Waals surface area contributed by atoms with E-state index in [9.17, 15) is 29.3 Å². The Kier molecular flexibility index (Phi) is 4.51. The number of nitro benzene ring substituents is 1. The van der Waals surface area contributed by atoms with Gasteiger partial charge in [-0.05, 0) is 12.1 Å². The quantitative estimate of drug-likeness (QED) is 0.386. The molecule has 1 aliphatic rings. The van der Waals surface area contributed by atoms with Crippen LogP contribution >= 0.6 is 0 Å². The molecular formula is C18H11NO8. The molecule has 1 aliphatic carbocycles. The zero-order valence-corrected chi connectivity index (χ0v) is 13.9. The molecule has 0 unspecified atom stereocenters. The molecule has 3 rings (SSSR count). The van der Waals surface area contributed by atoms with Gasteiger partial charge >= 0.3 is 11.9 Å². The highest BCUT2D eigenvalue weighted by Crippen LogP contribution is 2.35. The number of carbonyl (C=O) groups is 4. The van der Waals surface area contributed by atoms with Gasteiger partial charge < -0.3 is 9.47 Å². The average molecular weight is 369 g/mol. The number of ether oxygens (including phenoxy) is 2. The van der Waals surface area contributed by atoms with E-state index in [2.05, 4.69) is 9.47 Å². The van der Waals surface area contributed by atoms with E-state index in [0.717, 1.165) is 19.2 Å². The first-order valence-corrected chi connectivity index (χ1v) is 7.60. The summed E-state index contributed by atoms with van der Waals surface area (Å²) in [6.07, 6.45) is 0. The second-order valence-corrected chi connectivity index (χ2v) is 5.50. The van der Waals surface area contributed by atoms with Crippen LogP contribution < -0.4 is 0 Å². The fourth-order valence-electron chi connectivity index (χ4n) is 2.78. The second kappa shape index (κ2) is 6.79. The molecule has 0 amide bonds. The SMILES string of the molecule is COC(=O)COC(=O)c1ccc2c(c1[N+](=O)[O-])C(=O)c1ccccc1C2=O. The maximum Gasteiger partial charge on any atom is 0.345 e. The summed E-state index contributed by atoms with van der Waals surface area (Å²) in [5, 5.41) is 11.6. The Morgan fingerprint density at radius 1 is 1.00 bits per heavy atom. The molecule has 0 fully saturated rings. The largest absolute Gasteiger partial charge is 0.466 e. The van der Waals surface area contributed by atoms with E-state index in [1.165, 1.54) is 18.2 Å². The third-order valence-corrected chi connectivity index (χ3v) is 4.02. The smallest absolute Gasteiger partial charge is 0.345 e. The first-order valence-electron chi connectivity index (χ1n) is 7.60. The van der Waals surface area contributed by atoms with Crippen LogP contribution in [0.1, 0.15) is 42.2 Å². The molecule has 2 aromatic rings. The predicted octanol–water partition coefficient (Wildman–Crippen LogP) is 1.70. The van der Waals surface area contributed by atoms with Gasteiger partial charge in [0.25, 0.3) is 5.69 Å². The number of ketones is 2. The van der Waals surface area contributed by atoms with Gasteiger partial charge in [0.2, 0.25) is 5.78 Å². The van der Waals surface area contributed by atoms with E-state index in [4.69, 9.17) is 0 Å². The fraction of sp³-hybridized carbons (Fsp3) is 0.111. The zero-order chi connectivity index (χ0) is 19.7. The number of esters is 2. The Morgan fingerprint density at radius 3 is 2.22 bits per heavy atom. The number of hydrogen-bond donors (Lipinski definition) is 0. The van der Waals surface area contributed by atoms with Crippen molar-refractivity contribution in [1.29, 1.82) is 0 Å². The number of carbonyl (C=O) groups excluding carboxylic acids is 4. The molecule has 0 aromatic heterocycles. The number of benzene rings is 2. The standard InChI is InChI=1S/C18H11NO8/c1-26-13(20)8-27-18(23)12-7-6-11-14(15(12)19(24)25)17(22)10-5-3-2-4-9(10)16(11)21/h2-7H,8H2,1H3. The molecule has 0 heterocycles. The Bertz CT molecular complexity index is 1020. The van der Waals surface area contributed by atoms with E-state index in [1.54, 1.807) is 6.07 Å². The summed E-state index contributed by atoms with van der Waals surface area (Å²) in [6.45, 7) is -0.751. The lowest BCUT2D eigenvalue weighted by Crippen LogP contribution is -2.24. The summed E-state index contributed by atoms with van der Waals surface area (Å²) in [5.74, 6) is -3.34. The maximum atomic E-state index is 12.8. The van der Waals surface area contributed by atoms with Crippen LogP contribution in [0.3, 0.4) is 0 Å². The Labute approximate surface area is 151 Å². The van der Waals surface area contributed by atoms with E-state index in [1.807, 2.05) is 0 Å². The van der Waals surface area contributed by atoms with Crippen molar-refractivity contribution in [2.75, 3.05) is 13.7 Å². The van der Waals surface area contributed by atoms with Gasteiger partial charge in [-0.2, -0.15) is 0 Å². The number of fused-ring (bicyclic) bond motifs is 2. The van der Waals surface area contributed by atoms with Crippen molar-refractivity contribution in [2.45, 2.75) is 0 Å². The summed E-state index contributed by atoms with van der Waals surface area (Å²) in [5.41, 5.74) is -1.88. The van der Waals surface area contributed by atoms with Gasteiger partial charge in [-0.3, -0.25) is 19.7 Å². The molecule has 0 spiro atoms. The molecule has 0 aliphatic heterocycles. The van der Waals surface area contributed by atoms with E-state index in [-0.39, 0.29) is 16.7 Å². The van der Waals surface area contributed by atoms with Crippen LogP contribution in [0.4, 0.5) is 5.69 Å². The van der Waals surface area contributed by atoms with E-state index < -0.39 is 51.8 Å². The minimum atomic E-state index is -1.19. The number of hydrogen-bond acceptors (Lipinski definition) is 8. The minimum absolute atomic E-state index is 0.0122. The van der Waals surface area contributed by atoms with Crippen LogP contribution in [0.5, 0.6) is 0 Å². The summed E-state index contributed by atoms with van der Waals surface area (Å²) in [7, 11) is 1.08. The Morgan fingerprint density at radius 2 is 1.63 bits per heavy atom. The predicted molar refractivity (Wildman–Crippen MR) is 88.7 cm³/mol. The first kappa shape index (κ1) is 17.9. The molecule has 0 atom stereocenters. The highest BCUT2D eigenvalue weighted by molar-refractivity contribution is 6.30. The van der Waals surface area contributed by atoms with Crippen molar-refractivity contribution in [3.63, 3.8) is 0 Å². The first-order chi connectivity index (χ1) is 12.9. The van der Waals surface area contributed by atoms with Gasteiger partial charge in [0, 0.05) is 16.7 Å². The van der Waals surface area contributed by atoms with Gasteiger partial charge in [-0.15, -0.1) is 0 Å². The van der Waals surface area contributed by atoms with Crippen molar-refractivity contribution in [3.05, 3.63) is 74.3 Å². The van der Waals surface area contributed by atoms with E-state index >= 15 is 0 Å². The molecule has 27 heavy (non-hydrogen) atoms. The molecule has 0 saturated carbocycles. The van der Waals surface area contributed by atoms with Crippen molar-refractivity contribution >= 4 is 29.2 Å². The van der Waals surface area contributed by atoms with Crippen molar-refractivity contribution in [2.24, 2.45) is 0 Å². The number of methoxy groups -OCH3 is 1. The second-order valence-electron chi connectivity index (χ2n) is 5.50. The summed E-state index contributed by atoms with van der Waals surface area (Å²) < 4.78 is 9.01. The number of nitrogens with zero attached hydrogens (tertiary/aromatic N) is 1. The van der Waals surface area contributed by atoms with Crippen LogP contribution in [0.15, 0.2) is 36.4 Å². The van der Waals surface area contributed by atoms with Gasteiger partial charge in [0.05, 0.1) is 12.0 Å². The van der Waals surface area contributed by atoms with Crippen LogP contribution in [0.2, 0.25) is 0 Å². The van der Waals surface area contributed by atoms with E-state index in [0.29, 0.717) is 0 Å². The molecule has 0 radical (unpaired) electrons. The fourth-order valence-corrected chi connectivity index (χ4v) is 2.78. The molecule has 0 saturated heterocycles. The summed E-state index contributed by atoms with van der Waals surface area (Å²) in [6, 6.07) is 8.10. The number of nitro groups is 1. The molecule has 136 valence electrons. The van der Waals surface area contributed by atoms with Crippen LogP contribution in [-0.4, -0.2) is 42.1 Å². The van der Waals surface area contributed by atoms with Gasteiger partial charge in [0.15, 0.2) is 12.4 Å². The molecule has 0 N–H and O–H groups in total. The highest BCUT2D eigenvalue weighted by Gasteiger charge is 2.39. The summed E-state index contributed by atoms with van der Waals surface area (Å²) >= 11 is 0. The molecule has 0 bridgehead atoms. The van der Waals surface area contributed by atoms with Crippen molar-refractivity contribution in [1.82, 2.24) is 0 Å². The third-order valence-electron chi connectivity index (χ3n) is 4.02. The Balaban J connectivity index is 2.14. The normalized spacial score (nSPS) is 12.0. The lowest BCUT2D eigenvalue weighted by molar-refractivity contribution is -0.385.